The Hall–Kier alpha value is -1.85. The van der Waals surface area contributed by atoms with Crippen LogP contribution < -0.4 is 9.46 Å². The Morgan fingerprint density at radius 3 is 2.22 bits per heavy atom. The molecular formula is C18H23NO3S. The molecule has 0 bridgehead atoms. The lowest BCUT2D eigenvalue weighted by Crippen LogP contribution is -2.27. The summed E-state index contributed by atoms with van der Waals surface area (Å²) in [4.78, 5) is 0. The van der Waals surface area contributed by atoms with Crippen LogP contribution in [-0.4, -0.2) is 21.1 Å². The molecule has 2 rings (SSSR count). The first-order valence-corrected chi connectivity index (χ1v) is 9.37. The summed E-state index contributed by atoms with van der Waals surface area (Å²) in [5.74, 6) is 0.836. The second kappa shape index (κ2) is 8.13. The van der Waals surface area contributed by atoms with Crippen molar-refractivity contribution in [2.24, 2.45) is 0 Å². The van der Waals surface area contributed by atoms with Gasteiger partial charge in [-0.3, -0.25) is 0 Å². The zero-order valence-corrected chi connectivity index (χ0v) is 14.3. The molecule has 0 aliphatic rings. The molecule has 2 aromatic rings. The lowest BCUT2D eigenvalue weighted by molar-refractivity contribution is 0.242. The molecular weight excluding hydrogens is 310 g/mol. The fraction of sp³-hybridized carbons (Fsp3) is 0.333. The maximum Gasteiger partial charge on any atom is 0.215 e. The zero-order chi connectivity index (χ0) is 16.7. The Morgan fingerprint density at radius 1 is 0.957 bits per heavy atom. The highest BCUT2D eigenvalue weighted by atomic mass is 32.2. The van der Waals surface area contributed by atoms with Crippen LogP contribution in [0.1, 0.15) is 25.0 Å². The maximum absolute atomic E-state index is 12.0. The molecule has 0 fully saturated rings. The van der Waals surface area contributed by atoms with E-state index in [1.165, 1.54) is 0 Å². The molecule has 0 aliphatic heterocycles. The minimum atomic E-state index is -3.30. The average Bonchev–Trinajstić information content (AvgIpc) is 2.49. The van der Waals surface area contributed by atoms with E-state index in [1.807, 2.05) is 68.4 Å². The summed E-state index contributed by atoms with van der Waals surface area (Å²) in [7, 11) is -3.30. The molecule has 0 amide bonds. The highest BCUT2D eigenvalue weighted by molar-refractivity contribution is 7.88. The standard InChI is InChI=1S/C18H23NO3S/c1-15(2)22-18-10-8-16(9-11-18)12-13-19-23(20,21)14-17-6-4-3-5-7-17/h3-11,15,19H,12-14H2,1-2H3. The van der Waals surface area contributed by atoms with E-state index >= 15 is 0 Å². The van der Waals surface area contributed by atoms with Crippen molar-refractivity contribution in [3.63, 3.8) is 0 Å². The van der Waals surface area contributed by atoms with Gasteiger partial charge in [-0.15, -0.1) is 0 Å². The van der Waals surface area contributed by atoms with Crippen molar-refractivity contribution in [2.75, 3.05) is 6.54 Å². The summed E-state index contributed by atoms with van der Waals surface area (Å²) in [6, 6.07) is 16.9. The molecule has 0 aliphatic carbocycles. The van der Waals surface area contributed by atoms with Crippen molar-refractivity contribution < 1.29 is 13.2 Å². The van der Waals surface area contributed by atoms with Gasteiger partial charge in [0.25, 0.3) is 0 Å². The van der Waals surface area contributed by atoms with E-state index in [2.05, 4.69) is 4.72 Å². The van der Waals surface area contributed by atoms with E-state index in [0.717, 1.165) is 16.9 Å². The maximum atomic E-state index is 12.0. The molecule has 23 heavy (non-hydrogen) atoms. The Kier molecular flexibility index (Phi) is 6.19. The number of ether oxygens (including phenoxy) is 1. The number of nitrogens with one attached hydrogen (secondary N) is 1. The second-order valence-electron chi connectivity index (χ2n) is 5.70. The SMILES string of the molecule is CC(C)Oc1ccc(CCNS(=O)(=O)Cc2ccccc2)cc1. The van der Waals surface area contributed by atoms with Gasteiger partial charge in [-0.05, 0) is 43.5 Å². The predicted molar refractivity (Wildman–Crippen MR) is 93.0 cm³/mol. The molecule has 0 saturated heterocycles. The predicted octanol–water partition coefficient (Wildman–Crippen LogP) is 3.14. The van der Waals surface area contributed by atoms with Gasteiger partial charge in [-0.1, -0.05) is 42.5 Å². The summed E-state index contributed by atoms with van der Waals surface area (Å²) >= 11 is 0. The third-order valence-corrected chi connectivity index (χ3v) is 4.59. The van der Waals surface area contributed by atoms with E-state index in [4.69, 9.17) is 4.74 Å². The van der Waals surface area contributed by atoms with E-state index in [1.54, 1.807) is 0 Å². The van der Waals surface area contributed by atoms with Gasteiger partial charge in [0, 0.05) is 6.54 Å². The average molecular weight is 333 g/mol. The summed E-state index contributed by atoms with van der Waals surface area (Å²) in [5, 5.41) is 0. The molecule has 0 heterocycles. The van der Waals surface area contributed by atoms with Gasteiger partial charge in [0.05, 0.1) is 11.9 Å². The second-order valence-corrected chi connectivity index (χ2v) is 7.51. The van der Waals surface area contributed by atoms with Crippen LogP contribution in [0.25, 0.3) is 0 Å². The lowest BCUT2D eigenvalue weighted by Gasteiger charge is -2.10. The quantitative estimate of drug-likeness (QED) is 0.807. The van der Waals surface area contributed by atoms with Gasteiger partial charge in [0.2, 0.25) is 10.0 Å². The van der Waals surface area contributed by atoms with Crippen molar-refractivity contribution in [3.05, 3.63) is 65.7 Å². The van der Waals surface area contributed by atoms with E-state index < -0.39 is 10.0 Å². The molecule has 5 heteroatoms. The lowest BCUT2D eigenvalue weighted by atomic mass is 10.1. The van der Waals surface area contributed by atoms with Crippen LogP contribution in [0.4, 0.5) is 0 Å². The molecule has 0 spiro atoms. The Bertz CT molecular complexity index is 695. The number of hydrogen-bond acceptors (Lipinski definition) is 3. The van der Waals surface area contributed by atoms with Crippen molar-refractivity contribution in [2.45, 2.75) is 32.1 Å². The van der Waals surface area contributed by atoms with Crippen LogP contribution in [0.5, 0.6) is 5.75 Å². The summed E-state index contributed by atoms with van der Waals surface area (Å²) in [6.45, 7) is 4.35. The number of sulfonamides is 1. The van der Waals surface area contributed by atoms with Gasteiger partial charge >= 0.3 is 0 Å². The normalized spacial score (nSPS) is 11.6. The summed E-state index contributed by atoms with van der Waals surface area (Å²) < 4.78 is 32.3. The van der Waals surface area contributed by atoms with Gasteiger partial charge in [0.1, 0.15) is 5.75 Å². The van der Waals surface area contributed by atoms with E-state index in [9.17, 15) is 8.42 Å². The fourth-order valence-corrected chi connectivity index (χ4v) is 3.35. The Labute approximate surface area is 138 Å². The molecule has 2 aromatic carbocycles. The zero-order valence-electron chi connectivity index (χ0n) is 13.5. The molecule has 0 saturated carbocycles. The van der Waals surface area contributed by atoms with Crippen LogP contribution in [0.2, 0.25) is 0 Å². The first-order valence-electron chi connectivity index (χ1n) is 7.71. The first-order chi connectivity index (χ1) is 10.9. The third-order valence-electron chi connectivity index (χ3n) is 3.23. The highest BCUT2D eigenvalue weighted by Gasteiger charge is 2.10. The number of rotatable bonds is 8. The summed E-state index contributed by atoms with van der Waals surface area (Å²) in [5.41, 5.74) is 1.86. The van der Waals surface area contributed by atoms with Gasteiger partial charge < -0.3 is 4.74 Å². The molecule has 0 radical (unpaired) electrons. The minimum Gasteiger partial charge on any atom is -0.491 e. The molecule has 0 unspecified atom stereocenters. The van der Waals surface area contributed by atoms with E-state index in [-0.39, 0.29) is 11.9 Å². The van der Waals surface area contributed by atoms with Crippen molar-refractivity contribution in [1.29, 1.82) is 0 Å². The third kappa shape index (κ3) is 6.42. The van der Waals surface area contributed by atoms with Gasteiger partial charge in [-0.25, -0.2) is 13.1 Å². The smallest absolute Gasteiger partial charge is 0.215 e. The molecule has 1 N–H and O–H groups in total. The van der Waals surface area contributed by atoms with Crippen LogP contribution in [-0.2, 0) is 22.2 Å². The molecule has 124 valence electrons. The molecule has 0 aromatic heterocycles. The van der Waals surface area contributed by atoms with Crippen LogP contribution >= 0.6 is 0 Å². The molecule has 4 nitrogen and oxygen atoms in total. The largest absolute Gasteiger partial charge is 0.491 e. The Balaban J connectivity index is 1.82. The van der Waals surface area contributed by atoms with Crippen molar-refractivity contribution >= 4 is 10.0 Å². The fourth-order valence-electron chi connectivity index (χ4n) is 2.20. The first kappa shape index (κ1) is 17.5. The highest BCUT2D eigenvalue weighted by Crippen LogP contribution is 2.14. The van der Waals surface area contributed by atoms with Crippen LogP contribution in [0.15, 0.2) is 54.6 Å². The van der Waals surface area contributed by atoms with Crippen molar-refractivity contribution in [1.82, 2.24) is 4.72 Å². The monoisotopic (exact) mass is 333 g/mol. The summed E-state index contributed by atoms with van der Waals surface area (Å²) in [6.07, 6.45) is 0.793. The van der Waals surface area contributed by atoms with Crippen LogP contribution in [0.3, 0.4) is 0 Å². The topological polar surface area (TPSA) is 55.4 Å². The Morgan fingerprint density at radius 2 is 1.61 bits per heavy atom. The van der Waals surface area contributed by atoms with Crippen molar-refractivity contribution in [3.8, 4) is 5.75 Å². The van der Waals surface area contributed by atoms with Gasteiger partial charge in [0.15, 0.2) is 0 Å². The van der Waals surface area contributed by atoms with Crippen LogP contribution in [0, 0.1) is 0 Å². The number of benzene rings is 2. The minimum absolute atomic E-state index is 0.00893. The van der Waals surface area contributed by atoms with E-state index in [0.29, 0.717) is 13.0 Å². The number of hydrogen-bond donors (Lipinski definition) is 1. The van der Waals surface area contributed by atoms with Gasteiger partial charge in [-0.2, -0.15) is 0 Å². The molecule has 0 atom stereocenters.